The highest BCUT2D eigenvalue weighted by Crippen LogP contribution is 2.44. The van der Waals surface area contributed by atoms with Crippen LogP contribution in [0.3, 0.4) is 0 Å². The van der Waals surface area contributed by atoms with Crippen molar-refractivity contribution in [1.82, 2.24) is 4.57 Å². The van der Waals surface area contributed by atoms with E-state index in [1.807, 2.05) is 0 Å². The van der Waals surface area contributed by atoms with Crippen LogP contribution in [0.15, 0.2) is 42.6 Å². The maximum absolute atomic E-state index is 14.7. The van der Waals surface area contributed by atoms with Crippen LogP contribution in [-0.2, 0) is 19.0 Å². The molecule has 0 spiro atoms. The van der Waals surface area contributed by atoms with Gasteiger partial charge in [-0.3, -0.25) is 0 Å². The molecule has 0 radical (unpaired) electrons. The quantitative estimate of drug-likeness (QED) is 0.449. The number of alkyl halides is 3. The fourth-order valence-corrected chi connectivity index (χ4v) is 3.99. The molecule has 0 fully saturated rings. The van der Waals surface area contributed by atoms with E-state index in [1.165, 1.54) is 35.0 Å². The molecular weight excluding hydrogens is 438 g/mol. The van der Waals surface area contributed by atoms with Crippen molar-refractivity contribution >= 4 is 17.6 Å². The number of aromatic carboxylic acids is 1. The Morgan fingerprint density at radius 1 is 1.13 bits per heavy atom. The highest BCUT2D eigenvalue weighted by molar-refractivity contribution is 6.32. The molecule has 3 aromatic rings. The van der Waals surface area contributed by atoms with Crippen LogP contribution in [0, 0.1) is 5.82 Å². The lowest BCUT2D eigenvalue weighted by Crippen LogP contribution is -2.09. The first-order valence-corrected chi connectivity index (χ1v) is 9.84. The summed E-state index contributed by atoms with van der Waals surface area (Å²) in [5, 5.41) is 8.86. The molecule has 0 unspecified atom stereocenters. The van der Waals surface area contributed by atoms with E-state index in [-0.39, 0.29) is 22.0 Å². The third-order valence-corrected chi connectivity index (χ3v) is 5.51. The van der Waals surface area contributed by atoms with Gasteiger partial charge in [-0.15, -0.1) is 0 Å². The molecule has 4 nitrogen and oxygen atoms in total. The van der Waals surface area contributed by atoms with Crippen molar-refractivity contribution in [1.29, 1.82) is 0 Å². The molecule has 1 aliphatic carbocycles. The Bertz CT molecular complexity index is 1170. The molecule has 0 atom stereocenters. The molecule has 1 heterocycles. The van der Waals surface area contributed by atoms with E-state index in [0.29, 0.717) is 24.1 Å². The summed E-state index contributed by atoms with van der Waals surface area (Å²) in [6, 6.07) is 6.89. The molecular formula is C22H16ClF4NO3. The fraction of sp³-hybridized carbons (Fsp3) is 0.227. The van der Waals surface area contributed by atoms with Gasteiger partial charge in [-0.25, -0.2) is 9.18 Å². The van der Waals surface area contributed by atoms with E-state index in [1.54, 1.807) is 0 Å². The minimum Gasteiger partial charge on any atom is -0.478 e. The third kappa shape index (κ3) is 3.99. The van der Waals surface area contributed by atoms with Crippen molar-refractivity contribution in [3.8, 4) is 17.2 Å². The Morgan fingerprint density at radius 3 is 2.55 bits per heavy atom. The van der Waals surface area contributed by atoms with Crippen LogP contribution in [0.4, 0.5) is 17.6 Å². The van der Waals surface area contributed by atoms with E-state index in [0.717, 1.165) is 25.0 Å². The number of nitrogens with zero attached hydrogens (tertiary/aromatic N) is 1. The number of aromatic nitrogens is 1. The number of para-hydroxylation sites is 1. The number of hydrogen-bond donors (Lipinski definition) is 1. The van der Waals surface area contributed by atoms with Crippen molar-refractivity contribution in [3.63, 3.8) is 0 Å². The largest absolute Gasteiger partial charge is 0.478 e. The van der Waals surface area contributed by atoms with Gasteiger partial charge in [-0.1, -0.05) is 17.7 Å². The standard InChI is InChI=1S/C22H16ClF4NO3/c23-15-6-3-5-14(22(25,26)27)20(15)31-19-11-28(17-7-2-1-4-13(17)19)18-9-8-12(21(29)30)10-16(18)24/h3,5-6,8-11H,1-2,4,7H2,(H,29,30). The molecule has 0 aliphatic heterocycles. The summed E-state index contributed by atoms with van der Waals surface area (Å²) in [6.45, 7) is 0. The summed E-state index contributed by atoms with van der Waals surface area (Å²) in [5.41, 5.74) is 0.275. The first-order chi connectivity index (χ1) is 14.7. The van der Waals surface area contributed by atoms with Crippen molar-refractivity contribution in [2.45, 2.75) is 31.9 Å². The van der Waals surface area contributed by atoms with Gasteiger partial charge in [0, 0.05) is 11.3 Å². The first kappa shape index (κ1) is 21.2. The third-order valence-electron chi connectivity index (χ3n) is 5.21. The van der Waals surface area contributed by atoms with Crippen LogP contribution in [0.1, 0.15) is 40.0 Å². The molecule has 162 valence electrons. The lowest BCUT2D eigenvalue weighted by Gasteiger charge is -2.17. The number of carbonyl (C=O) groups is 1. The van der Waals surface area contributed by atoms with Crippen molar-refractivity contribution in [2.75, 3.05) is 0 Å². The molecule has 0 saturated heterocycles. The van der Waals surface area contributed by atoms with E-state index in [4.69, 9.17) is 21.4 Å². The second kappa shape index (κ2) is 7.92. The van der Waals surface area contributed by atoms with Gasteiger partial charge in [-0.05, 0) is 56.0 Å². The van der Waals surface area contributed by atoms with Crippen LogP contribution in [0.5, 0.6) is 11.5 Å². The monoisotopic (exact) mass is 453 g/mol. The minimum absolute atomic E-state index is 0.0909. The fourth-order valence-electron chi connectivity index (χ4n) is 3.78. The summed E-state index contributed by atoms with van der Waals surface area (Å²) in [7, 11) is 0. The normalized spacial score (nSPS) is 13.7. The number of benzene rings is 2. The van der Waals surface area contributed by atoms with Gasteiger partial charge in [0.25, 0.3) is 0 Å². The molecule has 9 heteroatoms. The SMILES string of the molecule is O=C(O)c1ccc(-n2cc(Oc3c(Cl)cccc3C(F)(F)F)c3c2CCCC3)c(F)c1. The van der Waals surface area contributed by atoms with Gasteiger partial charge in [0.15, 0.2) is 5.75 Å². The van der Waals surface area contributed by atoms with Crippen LogP contribution >= 0.6 is 11.6 Å². The second-order valence-electron chi connectivity index (χ2n) is 7.18. The summed E-state index contributed by atoms with van der Waals surface area (Å²) in [6.07, 6.45) is -0.473. The van der Waals surface area contributed by atoms with Gasteiger partial charge in [0.05, 0.1) is 28.0 Å². The average Bonchev–Trinajstić information content (AvgIpc) is 3.07. The van der Waals surface area contributed by atoms with Crippen LogP contribution in [0.25, 0.3) is 5.69 Å². The van der Waals surface area contributed by atoms with Crippen molar-refractivity contribution in [3.05, 3.63) is 75.8 Å². The number of hydrogen-bond acceptors (Lipinski definition) is 2. The first-order valence-electron chi connectivity index (χ1n) is 9.46. The van der Waals surface area contributed by atoms with Gasteiger partial charge in [0.1, 0.15) is 11.6 Å². The predicted octanol–water partition coefficient (Wildman–Crippen LogP) is 6.66. The number of rotatable bonds is 4. The lowest BCUT2D eigenvalue weighted by atomic mass is 9.97. The lowest BCUT2D eigenvalue weighted by molar-refractivity contribution is -0.138. The summed E-state index contributed by atoms with van der Waals surface area (Å²) < 4.78 is 62.2. The minimum atomic E-state index is -4.67. The van der Waals surface area contributed by atoms with Gasteiger partial charge in [0.2, 0.25) is 0 Å². The molecule has 0 amide bonds. The Morgan fingerprint density at radius 2 is 1.87 bits per heavy atom. The average molecular weight is 454 g/mol. The Hall–Kier alpha value is -3.00. The summed E-state index contributed by atoms with van der Waals surface area (Å²) >= 11 is 6.02. The Labute approximate surface area is 179 Å². The molecule has 31 heavy (non-hydrogen) atoms. The smallest absolute Gasteiger partial charge is 0.420 e. The number of carboxylic acid groups (broad SMARTS) is 1. The zero-order chi connectivity index (χ0) is 22.3. The highest BCUT2D eigenvalue weighted by Gasteiger charge is 2.36. The number of ether oxygens (including phenoxy) is 1. The van der Waals surface area contributed by atoms with Crippen molar-refractivity contribution < 1.29 is 32.2 Å². The maximum Gasteiger partial charge on any atom is 0.420 e. The zero-order valence-corrected chi connectivity index (χ0v) is 16.7. The molecule has 1 aliphatic rings. The number of halogens is 5. The van der Waals surface area contributed by atoms with Crippen LogP contribution in [-0.4, -0.2) is 15.6 Å². The summed E-state index contributed by atoms with van der Waals surface area (Å²) in [5.74, 6) is -2.37. The van der Waals surface area contributed by atoms with Crippen LogP contribution in [0.2, 0.25) is 5.02 Å². The second-order valence-corrected chi connectivity index (χ2v) is 7.59. The van der Waals surface area contributed by atoms with E-state index in [9.17, 15) is 22.4 Å². The number of fused-ring (bicyclic) bond motifs is 1. The highest BCUT2D eigenvalue weighted by atomic mass is 35.5. The molecule has 1 N–H and O–H groups in total. The Balaban J connectivity index is 1.83. The predicted molar refractivity (Wildman–Crippen MR) is 106 cm³/mol. The topological polar surface area (TPSA) is 51.5 Å². The van der Waals surface area contributed by atoms with Crippen LogP contribution < -0.4 is 4.74 Å². The Kier molecular flexibility index (Phi) is 5.43. The van der Waals surface area contributed by atoms with E-state index in [2.05, 4.69) is 0 Å². The zero-order valence-electron chi connectivity index (χ0n) is 16.0. The molecule has 0 saturated carbocycles. The van der Waals surface area contributed by atoms with Gasteiger partial charge < -0.3 is 14.4 Å². The summed E-state index contributed by atoms with van der Waals surface area (Å²) in [4.78, 5) is 11.1. The molecule has 2 aromatic carbocycles. The van der Waals surface area contributed by atoms with Gasteiger partial charge >= 0.3 is 12.1 Å². The van der Waals surface area contributed by atoms with Crippen molar-refractivity contribution in [2.24, 2.45) is 0 Å². The van der Waals surface area contributed by atoms with E-state index >= 15 is 0 Å². The van der Waals surface area contributed by atoms with Gasteiger partial charge in [-0.2, -0.15) is 13.2 Å². The number of carboxylic acids is 1. The maximum atomic E-state index is 14.7. The molecule has 1 aromatic heterocycles. The molecule has 0 bridgehead atoms. The molecule has 4 rings (SSSR count). The van der Waals surface area contributed by atoms with E-state index < -0.39 is 29.3 Å².